The summed E-state index contributed by atoms with van der Waals surface area (Å²) in [5.41, 5.74) is 0.851. The second-order valence-electron chi connectivity index (χ2n) is 5.57. The Morgan fingerprint density at radius 3 is 2.89 bits per heavy atom. The molecule has 8 nitrogen and oxygen atoms in total. The highest BCUT2D eigenvalue weighted by atomic mass is 35.5. The fourth-order valence-corrected chi connectivity index (χ4v) is 2.56. The summed E-state index contributed by atoms with van der Waals surface area (Å²) in [4.78, 5) is 30.7. The highest BCUT2D eigenvalue weighted by Gasteiger charge is 2.11. The highest BCUT2D eigenvalue weighted by Crippen LogP contribution is 2.26. The number of ether oxygens (including phenoxy) is 1. The summed E-state index contributed by atoms with van der Waals surface area (Å²) < 4.78 is 20.0. The monoisotopic (exact) mass is 391 g/mol. The fourth-order valence-electron chi connectivity index (χ4n) is 2.42. The van der Waals surface area contributed by atoms with Crippen LogP contribution in [0.5, 0.6) is 5.75 Å². The molecule has 3 rings (SSSR count). The normalized spacial score (nSPS) is 10.7. The Labute approximate surface area is 158 Å². The average Bonchev–Trinajstić information content (AvgIpc) is 2.66. The van der Waals surface area contributed by atoms with Crippen LogP contribution in [0.2, 0.25) is 5.02 Å². The maximum Gasteiger partial charge on any atom is 0.310 e. The standard InChI is InChI=1S/C17H15ClFN5O3/c1-20-14(25)8-27-13-6-9-5-10(3-4-12(9)24(2)16(13)26)22-15-11(18)7-21-17(19)23-15/h3-7H,8H2,1-2H3,(H,20,25)(H,21,22,23). The van der Waals surface area contributed by atoms with Crippen LogP contribution in [-0.2, 0) is 11.8 Å². The van der Waals surface area contributed by atoms with Gasteiger partial charge in [-0.2, -0.15) is 9.37 Å². The van der Waals surface area contributed by atoms with Crippen LogP contribution >= 0.6 is 11.6 Å². The smallest absolute Gasteiger partial charge is 0.310 e. The number of likely N-dealkylation sites (N-methyl/N-ethyl adjacent to an activating group) is 1. The summed E-state index contributed by atoms with van der Waals surface area (Å²) in [6, 6.07) is 6.67. The molecule has 140 valence electrons. The van der Waals surface area contributed by atoms with Crippen LogP contribution in [0.3, 0.4) is 0 Å². The van der Waals surface area contributed by atoms with Gasteiger partial charge in [0.15, 0.2) is 18.2 Å². The van der Waals surface area contributed by atoms with Crippen LogP contribution in [0.25, 0.3) is 10.9 Å². The quantitative estimate of drug-likeness (QED) is 0.645. The third kappa shape index (κ3) is 3.98. The molecule has 27 heavy (non-hydrogen) atoms. The zero-order chi connectivity index (χ0) is 19.6. The fraction of sp³-hybridized carbons (Fsp3) is 0.176. The van der Waals surface area contributed by atoms with Gasteiger partial charge in [-0.25, -0.2) is 4.98 Å². The summed E-state index contributed by atoms with van der Waals surface area (Å²) >= 11 is 5.96. The number of fused-ring (bicyclic) bond motifs is 1. The number of hydrogen-bond acceptors (Lipinski definition) is 6. The van der Waals surface area contributed by atoms with E-state index in [0.29, 0.717) is 16.6 Å². The third-order valence-electron chi connectivity index (χ3n) is 3.81. The Bertz CT molecular complexity index is 1090. The first-order valence-electron chi connectivity index (χ1n) is 7.81. The van der Waals surface area contributed by atoms with Crippen molar-refractivity contribution < 1.29 is 13.9 Å². The molecule has 2 N–H and O–H groups in total. The van der Waals surface area contributed by atoms with Gasteiger partial charge in [-0.1, -0.05) is 11.6 Å². The molecule has 0 unspecified atom stereocenters. The predicted molar refractivity (Wildman–Crippen MR) is 99.0 cm³/mol. The summed E-state index contributed by atoms with van der Waals surface area (Å²) in [5, 5.41) is 6.14. The van der Waals surface area contributed by atoms with E-state index in [1.807, 2.05) is 0 Å². The molecule has 0 aliphatic heterocycles. The van der Waals surface area contributed by atoms with Crippen molar-refractivity contribution in [3.05, 3.63) is 51.9 Å². The number of rotatable bonds is 5. The maximum atomic E-state index is 13.2. The van der Waals surface area contributed by atoms with Gasteiger partial charge < -0.3 is 19.9 Å². The molecular formula is C17H15ClFN5O3. The lowest BCUT2D eigenvalue weighted by molar-refractivity contribution is -0.122. The van der Waals surface area contributed by atoms with Crippen LogP contribution in [0.1, 0.15) is 0 Å². The van der Waals surface area contributed by atoms with Gasteiger partial charge in [-0.3, -0.25) is 9.59 Å². The minimum Gasteiger partial charge on any atom is -0.478 e. The van der Waals surface area contributed by atoms with Gasteiger partial charge >= 0.3 is 6.08 Å². The number of aromatic nitrogens is 3. The number of nitrogens with one attached hydrogen (secondary N) is 2. The minimum atomic E-state index is -0.907. The van der Waals surface area contributed by atoms with Crippen LogP contribution in [0.4, 0.5) is 15.9 Å². The van der Waals surface area contributed by atoms with Crippen molar-refractivity contribution in [3.63, 3.8) is 0 Å². The number of benzene rings is 1. The molecule has 2 heterocycles. The van der Waals surface area contributed by atoms with E-state index < -0.39 is 6.08 Å². The maximum absolute atomic E-state index is 13.2. The van der Waals surface area contributed by atoms with Gasteiger partial charge in [0.05, 0.1) is 11.7 Å². The van der Waals surface area contributed by atoms with E-state index in [1.165, 1.54) is 17.7 Å². The first-order chi connectivity index (χ1) is 12.9. The van der Waals surface area contributed by atoms with Crippen molar-refractivity contribution >= 4 is 39.9 Å². The molecule has 1 aromatic carbocycles. The number of pyridine rings is 1. The topological polar surface area (TPSA) is 98.1 Å². The molecule has 1 amide bonds. The Kier molecular flexibility index (Phi) is 5.22. The molecule has 0 fully saturated rings. The lowest BCUT2D eigenvalue weighted by Gasteiger charge is -2.12. The van der Waals surface area contributed by atoms with Gasteiger partial charge in [-0.15, -0.1) is 0 Å². The van der Waals surface area contributed by atoms with E-state index in [4.69, 9.17) is 16.3 Å². The van der Waals surface area contributed by atoms with Crippen molar-refractivity contribution in [3.8, 4) is 5.75 Å². The van der Waals surface area contributed by atoms with Crippen molar-refractivity contribution in [2.24, 2.45) is 7.05 Å². The van der Waals surface area contributed by atoms with E-state index in [9.17, 15) is 14.0 Å². The first kappa shape index (κ1) is 18.6. The number of amides is 1. The van der Waals surface area contributed by atoms with E-state index in [2.05, 4.69) is 20.6 Å². The minimum absolute atomic E-state index is 0.0388. The molecule has 0 saturated heterocycles. The second kappa shape index (κ2) is 7.58. The summed E-state index contributed by atoms with van der Waals surface area (Å²) in [5.74, 6) is -0.200. The Balaban J connectivity index is 1.98. The molecule has 0 atom stereocenters. The van der Waals surface area contributed by atoms with Crippen molar-refractivity contribution in [2.75, 3.05) is 19.0 Å². The number of hydrogen-bond donors (Lipinski definition) is 2. The largest absolute Gasteiger partial charge is 0.478 e. The third-order valence-corrected chi connectivity index (χ3v) is 4.08. The molecule has 10 heteroatoms. The molecule has 3 aromatic rings. The molecule has 0 bridgehead atoms. The van der Waals surface area contributed by atoms with Crippen LogP contribution in [0.15, 0.2) is 35.3 Å². The number of nitrogens with zero attached hydrogens (tertiary/aromatic N) is 3. The van der Waals surface area contributed by atoms with Gasteiger partial charge in [0.2, 0.25) is 0 Å². The Hall–Kier alpha value is -3.20. The van der Waals surface area contributed by atoms with E-state index in [1.54, 1.807) is 25.2 Å². The van der Waals surface area contributed by atoms with Crippen LogP contribution in [-0.4, -0.2) is 34.1 Å². The molecule has 0 spiro atoms. The summed E-state index contributed by atoms with van der Waals surface area (Å²) in [6.07, 6.45) is 0.247. The average molecular weight is 392 g/mol. The number of carbonyl (C=O) groups excluding carboxylic acids is 1. The van der Waals surface area contributed by atoms with Gasteiger partial charge in [0.1, 0.15) is 5.02 Å². The van der Waals surface area contributed by atoms with E-state index >= 15 is 0 Å². The summed E-state index contributed by atoms with van der Waals surface area (Å²) in [7, 11) is 3.07. The first-order valence-corrected chi connectivity index (χ1v) is 8.19. The molecule has 0 aliphatic rings. The van der Waals surface area contributed by atoms with Crippen molar-refractivity contribution in [1.82, 2.24) is 19.9 Å². The molecule has 0 radical (unpaired) electrons. The SMILES string of the molecule is CNC(=O)COc1cc2cc(Nc3nc(F)ncc3Cl)ccc2n(C)c1=O. The van der Waals surface area contributed by atoms with Crippen molar-refractivity contribution in [2.45, 2.75) is 0 Å². The Morgan fingerprint density at radius 2 is 2.15 bits per heavy atom. The van der Waals surface area contributed by atoms with Crippen LogP contribution < -0.4 is 20.9 Å². The summed E-state index contributed by atoms with van der Waals surface area (Å²) in [6.45, 7) is -0.273. The number of carbonyl (C=O) groups is 1. The lowest BCUT2D eigenvalue weighted by atomic mass is 10.2. The lowest BCUT2D eigenvalue weighted by Crippen LogP contribution is -2.27. The van der Waals surface area contributed by atoms with E-state index in [0.717, 1.165) is 6.20 Å². The zero-order valence-electron chi connectivity index (χ0n) is 14.4. The van der Waals surface area contributed by atoms with Gasteiger partial charge in [0.25, 0.3) is 11.5 Å². The second-order valence-corrected chi connectivity index (χ2v) is 5.98. The van der Waals surface area contributed by atoms with Gasteiger partial charge in [0, 0.05) is 25.2 Å². The highest BCUT2D eigenvalue weighted by molar-refractivity contribution is 6.32. The van der Waals surface area contributed by atoms with Gasteiger partial charge in [-0.05, 0) is 24.3 Å². The number of halogens is 2. The Morgan fingerprint density at radius 1 is 1.37 bits per heavy atom. The van der Waals surface area contributed by atoms with Crippen molar-refractivity contribution in [1.29, 1.82) is 0 Å². The van der Waals surface area contributed by atoms with E-state index in [-0.39, 0.29) is 34.7 Å². The predicted octanol–water partition coefficient (Wildman–Crippen LogP) is 1.99. The number of aryl methyl sites for hydroxylation is 1. The molecule has 0 saturated carbocycles. The molecular weight excluding hydrogens is 377 g/mol. The molecule has 2 aromatic heterocycles. The molecule has 0 aliphatic carbocycles. The number of anilines is 2. The van der Waals surface area contributed by atoms with Crippen LogP contribution in [0, 0.1) is 6.08 Å². The zero-order valence-corrected chi connectivity index (χ0v) is 15.2.